The van der Waals surface area contributed by atoms with Gasteiger partial charge in [-0.3, -0.25) is 0 Å². The molecule has 1 aliphatic carbocycles. The van der Waals surface area contributed by atoms with Crippen LogP contribution in [0.5, 0.6) is 0 Å². The lowest BCUT2D eigenvalue weighted by Crippen LogP contribution is -2.39. The number of aryl methyl sites for hydroxylation is 2. The van der Waals surface area contributed by atoms with Crippen LogP contribution in [0, 0.1) is 5.92 Å². The largest absolute Gasteiger partial charge is 0.352 e. The summed E-state index contributed by atoms with van der Waals surface area (Å²) in [5, 5.41) is 3.61. The molecule has 3 nitrogen and oxygen atoms in total. The summed E-state index contributed by atoms with van der Waals surface area (Å²) < 4.78 is 0. The zero-order chi connectivity index (χ0) is 13.9. The van der Waals surface area contributed by atoms with Crippen molar-refractivity contribution in [2.45, 2.75) is 52.0 Å². The summed E-state index contributed by atoms with van der Waals surface area (Å²) in [5.74, 6) is 1.93. The zero-order valence-corrected chi connectivity index (χ0v) is 12.9. The third-order valence-electron chi connectivity index (χ3n) is 4.52. The Kier molecular flexibility index (Phi) is 4.25. The average molecular weight is 273 g/mol. The van der Waals surface area contributed by atoms with Crippen molar-refractivity contribution in [1.29, 1.82) is 0 Å². The molecule has 3 rings (SSSR count). The van der Waals surface area contributed by atoms with E-state index in [9.17, 15) is 0 Å². The molecule has 1 aromatic rings. The zero-order valence-electron chi connectivity index (χ0n) is 12.9. The fraction of sp³-hybridized carbons (Fsp3) is 0.706. The molecule has 2 heterocycles. The van der Waals surface area contributed by atoms with Gasteiger partial charge in [0.25, 0.3) is 0 Å². The molecule has 20 heavy (non-hydrogen) atoms. The van der Waals surface area contributed by atoms with Gasteiger partial charge >= 0.3 is 0 Å². The number of fused-ring (bicyclic) bond motifs is 1. The maximum absolute atomic E-state index is 4.93. The highest BCUT2D eigenvalue weighted by atomic mass is 15.2. The summed E-state index contributed by atoms with van der Waals surface area (Å²) in [6.07, 6.45) is 6.27. The topological polar surface area (TPSA) is 28.2 Å². The number of pyridine rings is 1. The van der Waals surface area contributed by atoms with Crippen LogP contribution in [0.4, 0.5) is 5.82 Å². The van der Waals surface area contributed by atoms with Gasteiger partial charge < -0.3 is 10.2 Å². The molecule has 3 heteroatoms. The second kappa shape index (κ2) is 6.13. The number of hydrogen-bond acceptors (Lipinski definition) is 3. The molecule has 0 aromatic carbocycles. The molecule has 0 radical (unpaired) electrons. The quantitative estimate of drug-likeness (QED) is 0.894. The molecule has 1 atom stereocenters. The highest BCUT2D eigenvalue weighted by Crippen LogP contribution is 2.27. The molecular weight excluding hydrogens is 246 g/mol. The third-order valence-corrected chi connectivity index (χ3v) is 4.52. The fourth-order valence-corrected chi connectivity index (χ4v) is 3.46. The van der Waals surface area contributed by atoms with Crippen LogP contribution < -0.4 is 10.2 Å². The molecular formula is C17H27N3. The van der Waals surface area contributed by atoms with E-state index in [0.717, 1.165) is 19.0 Å². The van der Waals surface area contributed by atoms with E-state index in [2.05, 4.69) is 36.2 Å². The van der Waals surface area contributed by atoms with Gasteiger partial charge in [-0.05, 0) is 56.2 Å². The summed E-state index contributed by atoms with van der Waals surface area (Å²) in [5.41, 5.74) is 2.82. The van der Waals surface area contributed by atoms with Crippen LogP contribution in [0.1, 0.15) is 44.4 Å². The van der Waals surface area contributed by atoms with Crippen molar-refractivity contribution in [3.05, 3.63) is 23.4 Å². The molecule has 1 aromatic heterocycles. The van der Waals surface area contributed by atoms with Gasteiger partial charge in [-0.25, -0.2) is 4.98 Å². The van der Waals surface area contributed by atoms with E-state index in [-0.39, 0.29) is 0 Å². The summed E-state index contributed by atoms with van der Waals surface area (Å²) in [4.78, 5) is 7.45. The molecule has 0 bridgehead atoms. The standard InChI is InChI=1S/C17H27N3/c1-13(2)11-18-12-15-6-4-10-20(15)17-9-8-14-5-3-7-16(14)19-17/h8-9,13,15,18H,3-7,10-12H2,1-2H3. The summed E-state index contributed by atoms with van der Waals surface area (Å²) in [7, 11) is 0. The maximum Gasteiger partial charge on any atom is 0.129 e. The van der Waals surface area contributed by atoms with E-state index < -0.39 is 0 Å². The molecule has 1 saturated heterocycles. The van der Waals surface area contributed by atoms with Crippen LogP contribution >= 0.6 is 0 Å². The Hall–Kier alpha value is -1.09. The highest BCUT2D eigenvalue weighted by Gasteiger charge is 2.26. The van der Waals surface area contributed by atoms with Crippen molar-refractivity contribution in [2.24, 2.45) is 5.92 Å². The Bertz CT molecular complexity index is 456. The van der Waals surface area contributed by atoms with Crippen LogP contribution in [-0.4, -0.2) is 30.7 Å². The number of rotatable bonds is 5. The van der Waals surface area contributed by atoms with Crippen LogP contribution in [0.2, 0.25) is 0 Å². The first-order valence-electron chi connectivity index (χ1n) is 8.20. The van der Waals surface area contributed by atoms with Gasteiger partial charge in [0.15, 0.2) is 0 Å². The summed E-state index contributed by atoms with van der Waals surface area (Å²) in [6, 6.07) is 5.17. The van der Waals surface area contributed by atoms with Crippen LogP contribution in [0.15, 0.2) is 12.1 Å². The second-order valence-corrected chi connectivity index (χ2v) is 6.67. The van der Waals surface area contributed by atoms with Gasteiger partial charge in [0.1, 0.15) is 5.82 Å². The number of aromatic nitrogens is 1. The number of anilines is 1. The Morgan fingerprint density at radius 1 is 1.30 bits per heavy atom. The molecule has 1 aliphatic heterocycles. The minimum Gasteiger partial charge on any atom is -0.352 e. The molecule has 1 N–H and O–H groups in total. The molecule has 0 saturated carbocycles. The predicted molar refractivity (Wildman–Crippen MR) is 84.3 cm³/mol. The molecule has 1 unspecified atom stereocenters. The van der Waals surface area contributed by atoms with Crippen molar-refractivity contribution in [1.82, 2.24) is 10.3 Å². The monoisotopic (exact) mass is 273 g/mol. The smallest absolute Gasteiger partial charge is 0.129 e. The van der Waals surface area contributed by atoms with E-state index in [0.29, 0.717) is 6.04 Å². The number of nitrogens with zero attached hydrogens (tertiary/aromatic N) is 2. The van der Waals surface area contributed by atoms with Gasteiger partial charge in [0.2, 0.25) is 0 Å². The third kappa shape index (κ3) is 2.98. The lowest BCUT2D eigenvalue weighted by Gasteiger charge is -2.27. The molecule has 0 amide bonds. The van der Waals surface area contributed by atoms with Crippen molar-refractivity contribution in [2.75, 3.05) is 24.5 Å². The second-order valence-electron chi connectivity index (χ2n) is 6.67. The first-order valence-corrected chi connectivity index (χ1v) is 8.20. The van der Waals surface area contributed by atoms with Gasteiger partial charge in [-0.2, -0.15) is 0 Å². The van der Waals surface area contributed by atoms with E-state index in [1.807, 2.05) is 0 Å². The summed E-state index contributed by atoms with van der Waals surface area (Å²) >= 11 is 0. The summed E-state index contributed by atoms with van der Waals surface area (Å²) in [6.45, 7) is 7.90. The van der Waals surface area contributed by atoms with E-state index in [4.69, 9.17) is 4.98 Å². The lowest BCUT2D eigenvalue weighted by molar-refractivity contribution is 0.511. The molecule has 1 fully saturated rings. The fourth-order valence-electron chi connectivity index (χ4n) is 3.46. The predicted octanol–water partition coefficient (Wildman–Crippen LogP) is 2.78. The van der Waals surface area contributed by atoms with Gasteiger partial charge in [0, 0.05) is 24.8 Å². The van der Waals surface area contributed by atoms with Crippen molar-refractivity contribution in [3.8, 4) is 0 Å². The van der Waals surface area contributed by atoms with E-state index in [1.165, 1.54) is 55.7 Å². The Morgan fingerprint density at radius 2 is 2.20 bits per heavy atom. The van der Waals surface area contributed by atoms with Crippen molar-refractivity contribution in [3.63, 3.8) is 0 Å². The average Bonchev–Trinajstić information content (AvgIpc) is 3.05. The number of nitrogens with one attached hydrogen (secondary N) is 1. The Balaban J connectivity index is 1.65. The van der Waals surface area contributed by atoms with E-state index >= 15 is 0 Å². The molecule has 2 aliphatic rings. The van der Waals surface area contributed by atoms with Crippen LogP contribution in [-0.2, 0) is 12.8 Å². The minimum atomic E-state index is 0.626. The lowest BCUT2D eigenvalue weighted by atomic mass is 10.2. The first kappa shape index (κ1) is 13.9. The Labute approximate surface area is 122 Å². The molecule has 0 spiro atoms. The normalized spacial score (nSPS) is 21.8. The first-order chi connectivity index (χ1) is 9.74. The minimum absolute atomic E-state index is 0.626. The Morgan fingerprint density at radius 3 is 3.05 bits per heavy atom. The number of hydrogen-bond donors (Lipinski definition) is 1. The van der Waals surface area contributed by atoms with Crippen molar-refractivity contribution >= 4 is 5.82 Å². The van der Waals surface area contributed by atoms with Crippen molar-refractivity contribution < 1.29 is 0 Å². The van der Waals surface area contributed by atoms with Crippen LogP contribution in [0.3, 0.4) is 0 Å². The highest BCUT2D eigenvalue weighted by molar-refractivity contribution is 5.45. The van der Waals surface area contributed by atoms with Gasteiger partial charge in [-0.1, -0.05) is 19.9 Å². The van der Waals surface area contributed by atoms with Gasteiger partial charge in [0.05, 0.1) is 0 Å². The SMILES string of the molecule is CC(C)CNCC1CCCN1c1ccc2c(n1)CCC2. The van der Waals surface area contributed by atoms with E-state index in [1.54, 1.807) is 0 Å². The maximum atomic E-state index is 4.93. The van der Waals surface area contributed by atoms with Gasteiger partial charge in [-0.15, -0.1) is 0 Å². The van der Waals surface area contributed by atoms with Crippen LogP contribution in [0.25, 0.3) is 0 Å². The molecule has 110 valence electrons.